The van der Waals surface area contributed by atoms with Crippen molar-refractivity contribution in [2.45, 2.75) is 5.38 Å². The van der Waals surface area contributed by atoms with Crippen molar-refractivity contribution in [3.63, 3.8) is 0 Å². The van der Waals surface area contributed by atoms with E-state index in [1.807, 2.05) is 42.5 Å². The number of pyridine rings is 1. The van der Waals surface area contributed by atoms with Crippen LogP contribution in [-0.2, 0) is 0 Å². The van der Waals surface area contributed by atoms with E-state index in [1.54, 1.807) is 13.2 Å². The number of ether oxygens (including phenoxy) is 1. The van der Waals surface area contributed by atoms with Gasteiger partial charge >= 0.3 is 0 Å². The van der Waals surface area contributed by atoms with Crippen LogP contribution in [0, 0.1) is 0 Å². The normalized spacial score (nSPS) is 12.3. The minimum Gasteiger partial charge on any atom is -0.497 e. The number of fused-ring (bicyclic) bond motifs is 1. The van der Waals surface area contributed by atoms with Gasteiger partial charge in [0.25, 0.3) is 0 Å². The molecule has 1 unspecified atom stereocenters. The highest BCUT2D eigenvalue weighted by Crippen LogP contribution is 2.31. The average molecular weight is 300 g/mol. The van der Waals surface area contributed by atoms with Gasteiger partial charge in [-0.25, -0.2) is 0 Å². The van der Waals surface area contributed by atoms with Crippen molar-refractivity contribution in [2.75, 3.05) is 7.11 Å². The summed E-state index contributed by atoms with van der Waals surface area (Å²) in [6.45, 7) is 0. The molecule has 1 aromatic heterocycles. The topological polar surface area (TPSA) is 42.1 Å². The van der Waals surface area contributed by atoms with Crippen LogP contribution in [0.1, 0.15) is 16.5 Å². The van der Waals surface area contributed by atoms with E-state index in [0.717, 1.165) is 27.8 Å². The second kappa shape index (κ2) is 5.62. The Kier molecular flexibility index (Phi) is 3.67. The van der Waals surface area contributed by atoms with Crippen LogP contribution in [0.25, 0.3) is 10.9 Å². The average Bonchev–Trinajstić information content (AvgIpc) is 2.53. The van der Waals surface area contributed by atoms with Gasteiger partial charge < -0.3 is 9.72 Å². The molecule has 0 aliphatic rings. The summed E-state index contributed by atoms with van der Waals surface area (Å²) in [5.41, 5.74) is 2.69. The zero-order chi connectivity index (χ0) is 14.8. The predicted molar refractivity (Wildman–Crippen MR) is 85.3 cm³/mol. The van der Waals surface area contributed by atoms with Crippen molar-refractivity contribution >= 4 is 22.5 Å². The highest BCUT2D eigenvalue weighted by molar-refractivity contribution is 6.22. The molecule has 3 rings (SSSR count). The first-order chi connectivity index (χ1) is 10.2. The summed E-state index contributed by atoms with van der Waals surface area (Å²) in [6, 6.07) is 16.8. The Morgan fingerprint density at radius 3 is 2.43 bits per heavy atom. The molecule has 2 aromatic carbocycles. The molecule has 106 valence electrons. The van der Waals surface area contributed by atoms with Gasteiger partial charge in [0.05, 0.1) is 12.5 Å². The van der Waals surface area contributed by atoms with E-state index in [9.17, 15) is 4.79 Å². The van der Waals surface area contributed by atoms with E-state index < -0.39 is 0 Å². The lowest BCUT2D eigenvalue weighted by molar-refractivity contribution is 0.414. The maximum absolute atomic E-state index is 11.3. The number of halogens is 1. The van der Waals surface area contributed by atoms with Crippen molar-refractivity contribution in [2.24, 2.45) is 0 Å². The molecular formula is C17H14ClNO2. The zero-order valence-electron chi connectivity index (χ0n) is 11.5. The first-order valence-corrected chi connectivity index (χ1v) is 7.02. The molecule has 0 radical (unpaired) electrons. The Bertz CT molecular complexity index is 824. The Hall–Kier alpha value is -2.26. The van der Waals surface area contributed by atoms with Gasteiger partial charge in [0.1, 0.15) is 5.75 Å². The van der Waals surface area contributed by atoms with Crippen LogP contribution in [0.3, 0.4) is 0 Å². The Morgan fingerprint density at radius 1 is 1.00 bits per heavy atom. The molecule has 0 aliphatic carbocycles. The molecule has 4 heteroatoms. The standard InChI is InChI=1S/C17H14ClNO2/c1-21-14-6-2-11(3-7-14)17(18)13-4-8-15-12(10-13)5-9-16(20)19-15/h2-10,17H,1H3,(H,19,20). The Labute approximate surface area is 127 Å². The minimum atomic E-state index is -0.243. The van der Waals surface area contributed by atoms with Gasteiger partial charge in [0.2, 0.25) is 5.56 Å². The van der Waals surface area contributed by atoms with Crippen LogP contribution >= 0.6 is 11.6 Å². The molecule has 3 aromatic rings. The van der Waals surface area contributed by atoms with E-state index in [-0.39, 0.29) is 10.9 Å². The summed E-state index contributed by atoms with van der Waals surface area (Å²) in [6.07, 6.45) is 0. The number of benzene rings is 2. The number of hydrogen-bond donors (Lipinski definition) is 1. The lowest BCUT2D eigenvalue weighted by Crippen LogP contribution is -2.02. The zero-order valence-corrected chi connectivity index (χ0v) is 12.2. The Morgan fingerprint density at radius 2 is 1.71 bits per heavy atom. The van der Waals surface area contributed by atoms with Crippen LogP contribution < -0.4 is 10.3 Å². The molecule has 0 spiro atoms. The lowest BCUT2D eigenvalue weighted by Gasteiger charge is -2.12. The highest BCUT2D eigenvalue weighted by atomic mass is 35.5. The molecule has 0 saturated heterocycles. The minimum absolute atomic E-state index is 0.104. The summed E-state index contributed by atoms with van der Waals surface area (Å²) in [5.74, 6) is 0.804. The Balaban J connectivity index is 1.98. The van der Waals surface area contributed by atoms with E-state index in [2.05, 4.69) is 4.98 Å². The highest BCUT2D eigenvalue weighted by Gasteiger charge is 2.11. The third-order valence-electron chi connectivity index (χ3n) is 3.45. The molecule has 0 bridgehead atoms. The quantitative estimate of drug-likeness (QED) is 0.746. The molecule has 1 N–H and O–H groups in total. The summed E-state index contributed by atoms with van der Waals surface area (Å²) < 4.78 is 5.15. The van der Waals surface area contributed by atoms with E-state index in [1.165, 1.54) is 6.07 Å². The monoisotopic (exact) mass is 299 g/mol. The maximum Gasteiger partial charge on any atom is 0.248 e. The van der Waals surface area contributed by atoms with Gasteiger partial charge in [-0.15, -0.1) is 11.6 Å². The second-order valence-corrected chi connectivity index (χ2v) is 5.24. The molecular weight excluding hydrogens is 286 g/mol. The van der Waals surface area contributed by atoms with Gasteiger partial charge in [-0.05, 0) is 46.8 Å². The van der Waals surface area contributed by atoms with Gasteiger partial charge in [0.15, 0.2) is 0 Å². The fourth-order valence-corrected chi connectivity index (χ4v) is 2.58. The summed E-state index contributed by atoms with van der Waals surface area (Å²) in [5, 5.41) is 0.721. The predicted octanol–water partition coefficient (Wildman–Crippen LogP) is 3.86. The van der Waals surface area contributed by atoms with Crippen molar-refractivity contribution in [1.29, 1.82) is 0 Å². The van der Waals surface area contributed by atoms with Crippen LogP contribution in [0.15, 0.2) is 59.4 Å². The first-order valence-electron chi connectivity index (χ1n) is 6.58. The number of aromatic amines is 1. The van der Waals surface area contributed by atoms with Gasteiger partial charge in [0, 0.05) is 11.6 Å². The molecule has 0 fully saturated rings. The fourth-order valence-electron chi connectivity index (χ4n) is 2.30. The molecule has 0 amide bonds. The van der Waals surface area contributed by atoms with Gasteiger partial charge in [-0.1, -0.05) is 18.2 Å². The fraction of sp³-hybridized carbons (Fsp3) is 0.118. The summed E-state index contributed by atoms with van der Waals surface area (Å²) >= 11 is 6.55. The van der Waals surface area contributed by atoms with Crippen molar-refractivity contribution in [3.05, 3.63) is 76.1 Å². The molecule has 21 heavy (non-hydrogen) atoms. The van der Waals surface area contributed by atoms with Crippen molar-refractivity contribution in [1.82, 2.24) is 4.98 Å². The summed E-state index contributed by atoms with van der Waals surface area (Å²) in [4.78, 5) is 14.1. The lowest BCUT2D eigenvalue weighted by atomic mass is 10.0. The third kappa shape index (κ3) is 2.78. The molecule has 0 aliphatic heterocycles. The molecule has 1 atom stereocenters. The SMILES string of the molecule is COc1ccc(C(Cl)c2ccc3[nH]c(=O)ccc3c2)cc1. The van der Waals surface area contributed by atoms with Crippen molar-refractivity contribution < 1.29 is 4.74 Å². The molecule has 0 saturated carbocycles. The summed E-state index contributed by atoms with van der Waals surface area (Å²) in [7, 11) is 1.64. The number of aromatic nitrogens is 1. The smallest absolute Gasteiger partial charge is 0.248 e. The molecule has 3 nitrogen and oxygen atoms in total. The molecule has 1 heterocycles. The van der Waals surface area contributed by atoms with Crippen LogP contribution in [0.5, 0.6) is 5.75 Å². The van der Waals surface area contributed by atoms with Gasteiger partial charge in [-0.3, -0.25) is 4.79 Å². The van der Waals surface area contributed by atoms with Crippen molar-refractivity contribution in [3.8, 4) is 5.75 Å². The van der Waals surface area contributed by atoms with Crippen LogP contribution in [0.4, 0.5) is 0 Å². The number of hydrogen-bond acceptors (Lipinski definition) is 2. The first kappa shape index (κ1) is 13.7. The maximum atomic E-state index is 11.3. The van der Waals surface area contributed by atoms with E-state index >= 15 is 0 Å². The van der Waals surface area contributed by atoms with Crippen LogP contribution in [-0.4, -0.2) is 12.1 Å². The number of methoxy groups -OCH3 is 1. The number of alkyl halides is 1. The largest absolute Gasteiger partial charge is 0.497 e. The van der Waals surface area contributed by atoms with E-state index in [0.29, 0.717) is 0 Å². The second-order valence-electron chi connectivity index (χ2n) is 4.80. The number of rotatable bonds is 3. The van der Waals surface area contributed by atoms with Crippen LogP contribution in [0.2, 0.25) is 0 Å². The number of nitrogens with one attached hydrogen (secondary N) is 1. The third-order valence-corrected chi connectivity index (χ3v) is 3.95. The van der Waals surface area contributed by atoms with E-state index in [4.69, 9.17) is 16.3 Å². The van der Waals surface area contributed by atoms with Gasteiger partial charge in [-0.2, -0.15) is 0 Å². The number of H-pyrrole nitrogens is 1.